The highest BCUT2D eigenvalue weighted by Gasteiger charge is 2.73. The second kappa shape index (κ2) is 6.32. The van der Waals surface area contributed by atoms with Crippen molar-refractivity contribution in [3.63, 3.8) is 0 Å². The van der Waals surface area contributed by atoms with Crippen molar-refractivity contribution >= 4 is 11.9 Å². The second-order valence-electron chi connectivity index (χ2n) is 11.1. The van der Waals surface area contributed by atoms with E-state index >= 15 is 0 Å². The van der Waals surface area contributed by atoms with Crippen LogP contribution in [0, 0.1) is 34.0 Å². The molecule has 0 aromatic carbocycles. The fourth-order valence-corrected chi connectivity index (χ4v) is 7.75. The molecule has 4 rings (SSSR count). The summed E-state index contributed by atoms with van der Waals surface area (Å²) in [6.07, 6.45) is 7.10. The molecule has 1 spiro atoms. The summed E-state index contributed by atoms with van der Waals surface area (Å²) in [6, 6.07) is 0. The normalized spacial score (nSPS) is 48.5. The lowest BCUT2D eigenvalue weighted by atomic mass is 9.38. The molecule has 0 heterocycles. The first-order valence-electron chi connectivity index (χ1n) is 11.3. The van der Waals surface area contributed by atoms with Gasteiger partial charge in [-0.1, -0.05) is 32.4 Å². The minimum atomic E-state index is -1.19. The Bertz CT molecular complexity index is 771. The summed E-state index contributed by atoms with van der Waals surface area (Å²) in [6.45, 7) is 9.59. The lowest BCUT2D eigenvalue weighted by Gasteiger charge is -2.68. The van der Waals surface area contributed by atoms with E-state index < -0.39 is 28.5 Å². The Balaban J connectivity index is 1.75. The Kier molecular flexibility index (Phi) is 4.55. The smallest absolute Gasteiger partial charge is 0.313 e. The molecule has 0 aromatic rings. The molecule has 0 saturated heterocycles. The van der Waals surface area contributed by atoms with Crippen molar-refractivity contribution in [1.82, 2.24) is 0 Å². The molecule has 7 unspecified atom stereocenters. The molecule has 3 fully saturated rings. The number of carbonyl (C=O) groups excluding carboxylic acids is 1. The number of carbonyl (C=O) groups is 2. The van der Waals surface area contributed by atoms with Gasteiger partial charge in [0.25, 0.3) is 0 Å². The van der Waals surface area contributed by atoms with E-state index in [2.05, 4.69) is 19.9 Å². The average molecular weight is 405 g/mol. The summed E-state index contributed by atoms with van der Waals surface area (Å²) < 4.78 is 5.76. The number of aliphatic hydroxyl groups is 1. The van der Waals surface area contributed by atoms with E-state index in [1.165, 1.54) is 5.57 Å². The van der Waals surface area contributed by atoms with Crippen LogP contribution in [-0.4, -0.2) is 33.9 Å². The number of aliphatic carboxylic acids is 1. The highest BCUT2D eigenvalue weighted by Crippen LogP contribution is 2.72. The summed E-state index contributed by atoms with van der Waals surface area (Å²) >= 11 is 0. The van der Waals surface area contributed by atoms with Gasteiger partial charge in [0.2, 0.25) is 0 Å². The standard InChI is InChI=1S/C24H36O5/c1-14(2)19(25)29-18-8-9-21(4)17(22(18,5)20(26)27)7-10-23-12-15(3)16(13-23)6-11-24(21,23)28/h12,14,16-18,28H,6-11,13H2,1-5H3,(H,26,27). The summed E-state index contributed by atoms with van der Waals surface area (Å²) in [4.78, 5) is 24.9. The van der Waals surface area contributed by atoms with E-state index in [4.69, 9.17) is 4.74 Å². The van der Waals surface area contributed by atoms with Crippen LogP contribution in [0.5, 0.6) is 0 Å². The maximum absolute atomic E-state index is 12.6. The minimum absolute atomic E-state index is 0.229. The van der Waals surface area contributed by atoms with E-state index in [1.807, 2.05) is 0 Å². The van der Waals surface area contributed by atoms with Crippen LogP contribution < -0.4 is 0 Å². The minimum Gasteiger partial charge on any atom is -0.481 e. The lowest BCUT2D eigenvalue weighted by Crippen LogP contribution is -2.71. The third kappa shape index (κ3) is 2.49. The molecule has 5 heteroatoms. The SMILES string of the molecule is CC1=CC23CCC4C(C)(C(=O)O)C(OC(=O)C(C)C)CCC4(C)C2(O)CCC1C3. The van der Waals surface area contributed by atoms with Crippen LogP contribution in [-0.2, 0) is 14.3 Å². The van der Waals surface area contributed by atoms with Gasteiger partial charge in [-0.3, -0.25) is 9.59 Å². The maximum atomic E-state index is 12.6. The molecule has 7 atom stereocenters. The molecule has 2 bridgehead atoms. The highest BCUT2D eigenvalue weighted by molar-refractivity contribution is 5.78. The average Bonchev–Trinajstić information content (AvgIpc) is 2.92. The van der Waals surface area contributed by atoms with Crippen LogP contribution in [0.2, 0.25) is 0 Å². The van der Waals surface area contributed by atoms with E-state index in [9.17, 15) is 19.8 Å². The van der Waals surface area contributed by atoms with E-state index in [0.29, 0.717) is 18.8 Å². The zero-order chi connectivity index (χ0) is 21.4. The van der Waals surface area contributed by atoms with Gasteiger partial charge in [-0.15, -0.1) is 0 Å². The van der Waals surface area contributed by atoms with Crippen molar-refractivity contribution < 1.29 is 24.5 Å². The van der Waals surface area contributed by atoms with Gasteiger partial charge in [0.05, 0.1) is 11.5 Å². The molecule has 2 N–H and O–H groups in total. The Hall–Kier alpha value is -1.36. The molecule has 0 aromatic heterocycles. The molecule has 0 amide bonds. The molecule has 3 saturated carbocycles. The van der Waals surface area contributed by atoms with E-state index in [0.717, 1.165) is 32.1 Å². The third-order valence-corrected chi connectivity index (χ3v) is 9.54. The van der Waals surface area contributed by atoms with Crippen LogP contribution in [0.15, 0.2) is 11.6 Å². The largest absolute Gasteiger partial charge is 0.481 e. The lowest BCUT2D eigenvalue weighted by molar-refractivity contribution is -0.268. The number of rotatable bonds is 3. The van der Waals surface area contributed by atoms with Crippen molar-refractivity contribution in [2.75, 3.05) is 0 Å². The number of hydrogen-bond donors (Lipinski definition) is 2. The van der Waals surface area contributed by atoms with Gasteiger partial charge in [-0.2, -0.15) is 0 Å². The highest BCUT2D eigenvalue weighted by atomic mass is 16.5. The number of fused-ring (bicyclic) bond motifs is 3. The summed E-state index contributed by atoms with van der Waals surface area (Å²) in [5, 5.41) is 22.6. The van der Waals surface area contributed by atoms with E-state index in [-0.39, 0.29) is 23.2 Å². The third-order valence-electron chi connectivity index (χ3n) is 9.54. The predicted octanol–water partition coefficient (Wildman–Crippen LogP) is 4.33. The van der Waals surface area contributed by atoms with Gasteiger partial charge in [-0.05, 0) is 70.6 Å². The first-order valence-corrected chi connectivity index (χ1v) is 11.3. The molecule has 0 aliphatic heterocycles. The van der Waals surface area contributed by atoms with Crippen molar-refractivity contribution in [2.45, 2.75) is 91.3 Å². The summed E-state index contributed by atoms with van der Waals surface area (Å²) in [5.74, 6) is -1.22. The number of hydrogen-bond acceptors (Lipinski definition) is 4. The van der Waals surface area contributed by atoms with E-state index in [1.54, 1.807) is 20.8 Å². The molecular weight excluding hydrogens is 368 g/mol. The van der Waals surface area contributed by atoms with Crippen molar-refractivity contribution in [3.05, 3.63) is 11.6 Å². The van der Waals surface area contributed by atoms with Crippen LogP contribution in [0.25, 0.3) is 0 Å². The Morgan fingerprint density at radius 2 is 1.83 bits per heavy atom. The molecule has 162 valence electrons. The Morgan fingerprint density at radius 1 is 1.14 bits per heavy atom. The first kappa shape index (κ1) is 20.9. The molecule has 29 heavy (non-hydrogen) atoms. The molecule has 5 nitrogen and oxygen atoms in total. The quantitative estimate of drug-likeness (QED) is 0.540. The fourth-order valence-electron chi connectivity index (χ4n) is 7.75. The first-order chi connectivity index (χ1) is 13.4. The van der Waals surface area contributed by atoms with Gasteiger partial charge in [-0.25, -0.2) is 0 Å². The van der Waals surface area contributed by atoms with Crippen LogP contribution >= 0.6 is 0 Å². The Morgan fingerprint density at radius 3 is 2.45 bits per heavy atom. The van der Waals surface area contributed by atoms with Crippen LogP contribution in [0.3, 0.4) is 0 Å². The monoisotopic (exact) mass is 404 g/mol. The maximum Gasteiger partial charge on any atom is 0.313 e. The van der Waals surface area contributed by atoms with Gasteiger partial charge in [0.15, 0.2) is 0 Å². The van der Waals surface area contributed by atoms with Crippen molar-refractivity contribution in [2.24, 2.45) is 34.0 Å². The van der Waals surface area contributed by atoms with Crippen molar-refractivity contribution in [3.8, 4) is 0 Å². The Labute approximate surface area is 173 Å². The van der Waals surface area contributed by atoms with Crippen LogP contribution in [0.1, 0.15) is 79.6 Å². The number of ether oxygens (including phenoxy) is 1. The van der Waals surface area contributed by atoms with Crippen LogP contribution in [0.4, 0.5) is 0 Å². The number of esters is 1. The number of carboxylic acid groups (broad SMARTS) is 1. The topological polar surface area (TPSA) is 83.8 Å². The molecule has 0 radical (unpaired) electrons. The summed E-state index contributed by atoms with van der Waals surface area (Å²) in [7, 11) is 0. The second-order valence-corrected chi connectivity index (χ2v) is 11.1. The molecular formula is C24H36O5. The summed E-state index contributed by atoms with van der Waals surface area (Å²) in [5.41, 5.74) is -1.44. The fraction of sp³-hybridized carbons (Fsp3) is 0.833. The van der Waals surface area contributed by atoms with Gasteiger partial charge >= 0.3 is 11.9 Å². The van der Waals surface area contributed by atoms with Gasteiger partial charge in [0, 0.05) is 10.8 Å². The number of allylic oxidation sites excluding steroid dienone is 1. The number of carboxylic acids is 1. The molecule has 4 aliphatic rings. The van der Waals surface area contributed by atoms with Gasteiger partial charge in [0.1, 0.15) is 11.5 Å². The van der Waals surface area contributed by atoms with Gasteiger partial charge < -0.3 is 14.9 Å². The zero-order valence-corrected chi connectivity index (χ0v) is 18.5. The predicted molar refractivity (Wildman–Crippen MR) is 109 cm³/mol. The molecule has 4 aliphatic carbocycles. The zero-order valence-electron chi connectivity index (χ0n) is 18.5. The van der Waals surface area contributed by atoms with Crippen molar-refractivity contribution in [1.29, 1.82) is 0 Å².